The first-order valence-electron chi connectivity index (χ1n) is 12.1. The van der Waals surface area contributed by atoms with Gasteiger partial charge in [0.1, 0.15) is 0 Å². The van der Waals surface area contributed by atoms with E-state index in [2.05, 4.69) is 43.4 Å². The van der Waals surface area contributed by atoms with Crippen molar-refractivity contribution in [3.8, 4) is 0 Å². The van der Waals surface area contributed by atoms with E-state index in [1.165, 1.54) is 11.1 Å². The molecule has 0 amide bonds. The number of nitrogens with one attached hydrogen (secondary N) is 1. The van der Waals surface area contributed by atoms with Crippen LogP contribution < -0.4 is 5.32 Å². The molecule has 0 heterocycles. The molecular formula is C28H39NO4. The third-order valence-electron chi connectivity index (χ3n) is 6.62. The molecule has 0 aliphatic heterocycles. The summed E-state index contributed by atoms with van der Waals surface area (Å²) in [5, 5.41) is 23.0. The number of carbonyl (C=O) groups is 1. The summed E-state index contributed by atoms with van der Waals surface area (Å²) < 4.78 is 5.99. The molecule has 0 spiro atoms. The summed E-state index contributed by atoms with van der Waals surface area (Å²) in [7, 11) is 0. The fourth-order valence-electron chi connectivity index (χ4n) is 4.97. The maximum atomic E-state index is 10.8. The lowest BCUT2D eigenvalue weighted by Crippen LogP contribution is -2.45. The standard InChI is InChI=1S/C28H39NO4/c1-20(26-13-7-6-9-22(26)12-8-14-27(31)32)33-19-25(30)18-29-28(2,3)17-21-15-23-10-4-5-11-24(23)16-21/h4-7,9-11,13,20-21,25,29-30H,8,12,14-19H2,1-3H3,(H,31,32)/t20-,25-/m1/s1. The summed E-state index contributed by atoms with van der Waals surface area (Å²) in [5.74, 6) is -0.135. The second-order valence-electron chi connectivity index (χ2n) is 10.1. The number of benzene rings is 2. The summed E-state index contributed by atoms with van der Waals surface area (Å²) in [6.45, 7) is 7.14. The molecule has 3 rings (SSSR count). The SMILES string of the molecule is C[C@@H](OC[C@H](O)CNC(C)(C)CC1Cc2ccccc2C1)c1ccccc1CCCC(=O)O. The number of fused-ring (bicyclic) bond motifs is 1. The minimum absolute atomic E-state index is 0.0595. The topological polar surface area (TPSA) is 78.8 Å². The molecule has 2 atom stereocenters. The first-order valence-corrected chi connectivity index (χ1v) is 12.1. The number of β-amino-alcohol motifs (C(OH)–C–C–N with tert-alkyl or cyclic N) is 1. The van der Waals surface area contributed by atoms with Crippen LogP contribution in [-0.2, 0) is 28.8 Å². The van der Waals surface area contributed by atoms with Crippen LogP contribution in [0.15, 0.2) is 48.5 Å². The Balaban J connectivity index is 1.42. The Kier molecular flexibility index (Phi) is 9.07. The number of aryl methyl sites for hydroxylation is 1. The fourth-order valence-corrected chi connectivity index (χ4v) is 4.97. The molecule has 180 valence electrons. The lowest BCUT2D eigenvalue weighted by Gasteiger charge is -2.31. The first kappa shape index (κ1) is 25.4. The third kappa shape index (κ3) is 7.95. The molecule has 33 heavy (non-hydrogen) atoms. The van der Waals surface area contributed by atoms with E-state index in [4.69, 9.17) is 9.84 Å². The Morgan fingerprint density at radius 1 is 1.12 bits per heavy atom. The Labute approximate surface area is 198 Å². The van der Waals surface area contributed by atoms with Crippen molar-refractivity contribution >= 4 is 5.97 Å². The maximum absolute atomic E-state index is 10.8. The monoisotopic (exact) mass is 453 g/mol. The van der Waals surface area contributed by atoms with Gasteiger partial charge in [0, 0.05) is 18.5 Å². The summed E-state index contributed by atoms with van der Waals surface area (Å²) in [6.07, 6.45) is 4.06. The predicted molar refractivity (Wildman–Crippen MR) is 131 cm³/mol. The van der Waals surface area contributed by atoms with Gasteiger partial charge < -0.3 is 20.3 Å². The number of rotatable bonds is 13. The van der Waals surface area contributed by atoms with Crippen LogP contribution in [0, 0.1) is 5.92 Å². The van der Waals surface area contributed by atoms with Gasteiger partial charge in [0.2, 0.25) is 0 Å². The Morgan fingerprint density at radius 3 is 2.42 bits per heavy atom. The molecule has 2 aromatic rings. The summed E-state index contributed by atoms with van der Waals surface area (Å²) in [4.78, 5) is 10.8. The van der Waals surface area contributed by atoms with Gasteiger partial charge in [-0.1, -0.05) is 48.5 Å². The van der Waals surface area contributed by atoms with Gasteiger partial charge in [-0.15, -0.1) is 0 Å². The van der Waals surface area contributed by atoms with Crippen molar-refractivity contribution in [1.29, 1.82) is 0 Å². The molecule has 0 saturated carbocycles. The molecule has 0 radical (unpaired) electrons. The van der Waals surface area contributed by atoms with Gasteiger partial charge in [-0.05, 0) is 81.0 Å². The zero-order valence-corrected chi connectivity index (χ0v) is 20.2. The Morgan fingerprint density at radius 2 is 1.76 bits per heavy atom. The molecule has 1 aliphatic rings. The van der Waals surface area contributed by atoms with E-state index in [1.54, 1.807) is 0 Å². The molecule has 3 N–H and O–H groups in total. The van der Waals surface area contributed by atoms with Crippen molar-refractivity contribution < 1.29 is 19.7 Å². The van der Waals surface area contributed by atoms with E-state index in [9.17, 15) is 9.90 Å². The van der Waals surface area contributed by atoms with Crippen LogP contribution in [0.2, 0.25) is 0 Å². The molecule has 0 aromatic heterocycles. The van der Waals surface area contributed by atoms with E-state index < -0.39 is 12.1 Å². The lowest BCUT2D eigenvalue weighted by atomic mass is 9.88. The minimum Gasteiger partial charge on any atom is -0.481 e. The Bertz CT molecular complexity index is 885. The van der Waals surface area contributed by atoms with Crippen LogP contribution in [0.4, 0.5) is 0 Å². The second-order valence-corrected chi connectivity index (χ2v) is 10.1. The van der Waals surface area contributed by atoms with Gasteiger partial charge in [0.25, 0.3) is 0 Å². The molecule has 0 saturated heterocycles. The number of hydrogen-bond donors (Lipinski definition) is 3. The van der Waals surface area contributed by atoms with Gasteiger partial charge >= 0.3 is 5.97 Å². The number of aliphatic hydroxyl groups is 1. The number of carboxylic acid groups (broad SMARTS) is 1. The highest BCUT2D eigenvalue weighted by Crippen LogP contribution is 2.32. The zero-order chi connectivity index (χ0) is 23.8. The van der Waals surface area contributed by atoms with E-state index in [0.717, 1.165) is 30.4 Å². The smallest absolute Gasteiger partial charge is 0.303 e. The van der Waals surface area contributed by atoms with Crippen LogP contribution in [0.5, 0.6) is 0 Å². The lowest BCUT2D eigenvalue weighted by molar-refractivity contribution is -0.137. The normalized spacial score (nSPS) is 15.9. The molecule has 5 nitrogen and oxygen atoms in total. The zero-order valence-electron chi connectivity index (χ0n) is 20.2. The molecule has 0 bridgehead atoms. The van der Waals surface area contributed by atoms with Crippen LogP contribution in [-0.4, -0.2) is 41.0 Å². The quantitative estimate of drug-likeness (QED) is 0.410. The number of aliphatic hydroxyl groups excluding tert-OH is 1. The highest BCUT2D eigenvalue weighted by atomic mass is 16.5. The first-order chi connectivity index (χ1) is 15.7. The summed E-state index contributed by atoms with van der Waals surface area (Å²) in [6, 6.07) is 16.7. The van der Waals surface area contributed by atoms with E-state index >= 15 is 0 Å². The third-order valence-corrected chi connectivity index (χ3v) is 6.62. The van der Waals surface area contributed by atoms with Gasteiger partial charge in [0.05, 0.1) is 18.8 Å². The summed E-state index contributed by atoms with van der Waals surface area (Å²) >= 11 is 0. The van der Waals surface area contributed by atoms with Crippen molar-refractivity contribution in [3.05, 3.63) is 70.8 Å². The minimum atomic E-state index is -0.771. The van der Waals surface area contributed by atoms with Gasteiger partial charge in [-0.2, -0.15) is 0 Å². The molecule has 0 fully saturated rings. The van der Waals surface area contributed by atoms with Crippen molar-refractivity contribution in [2.45, 2.75) is 77.0 Å². The van der Waals surface area contributed by atoms with Gasteiger partial charge in [-0.25, -0.2) is 0 Å². The number of aliphatic carboxylic acids is 1. The largest absolute Gasteiger partial charge is 0.481 e. The molecule has 2 aromatic carbocycles. The average Bonchev–Trinajstić information content (AvgIpc) is 3.17. The summed E-state index contributed by atoms with van der Waals surface area (Å²) in [5.41, 5.74) is 5.06. The van der Waals surface area contributed by atoms with E-state index in [-0.39, 0.29) is 24.7 Å². The van der Waals surface area contributed by atoms with Gasteiger partial charge in [-0.3, -0.25) is 4.79 Å². The van der Waals surface area contributed by atoms with Crippen LogP contribution in [0.25, 0.3) is 0 Å². The van der Waals surface area contributed by atoms with Crippen LogP contribution in [0.1, 0.15) is 68.4 Å². The number of carboxylic acids is 1. The predicted octanol–water partition coefficient (Wildman–Crippen LogP) is 4.71. The fraction of sp³-hybridized carbons (Fsp3) is 0.536. The van der Waals surface area contributed by atoms with Crippen molar-refractivity contribution in [2.24, 2.45) is 5.92 Å². The highest BCUT2D eigenvalue weighted by molar-refractivity contribution is 5.66. The number of ether oxygens (including phenoxy) is 1. The van der Waals surface area contributed by atoms with Crippen LogP contribution in [0.3, 0.4) is 0 Å². The van der Waals surface area contributed by atoms with Crippen LogP contribution >= 0.6 is 0 Å². The van der Waals surface area contributed by atoms with Crippen molar-refractivity contribution in [2.75, 3.05) is 13.2 Å². The van der Waals surface area contributed by atoms with Crippen molar-refractivity contribution in [3.63, 3.8) is 0 Å². The van der Waals surface area contributed by atoms with E-state index in [1.807, 2.05) is 31.2 Å². The molecule has 0 unspecified atom stereocenters. The number of hydrogen-bond acceptors (Lipinski definition) is 4. The molecule has 1 aliphatic carbocycles. The highest BCUT2D eigenvalue weighted by Gasteiger charge is 2.28. The molecule has 5 heteroatoms. The van der Waals surface area contributed by atoms with Gasteiger partial charge in [0.15, 0.2) is 0 Å². The second kappa shape index (κ2) is 11.8. The van der Waals surface area contributed by atoms with Crippen molar-refractivity contribution in [1.82, 2.24) is 5.32 Å². The Hall–Kier alpha value is -2.21. The average molecular weight is 454 g/mol. The maximum Gasteiger partial charge on any atom is 0.303 e. The van der Waals surface area contributed by atoms with E-state index in [0.29, 0.717) is 25.3 Å². The molecular weight excluding hydrogens is 414 g/mol.